The largest absolute Gasteiger partial charge is 0.496 e. The molecule has 0 saturated carbocycles. The van der Waals surface area contributed by atoms with E-state index in [1.165, 1.54) is 0 Å². The van der Waals surface area contributed by atoms with Crippen molar-refractivity contribution in [1.29, 1.82) is 0 Å². The molecule has 0 atom stereocenters. The second kappa shape index (κ2) is 4.67. The van der Waals surface area contributed by atoms with Crippen molar-refractivity contribution in [3.63, 3.8) is 0 Å². The number of rotatable bonds is 3. The molecule has 5 nitrogen and oxygen atoms in total. The fourth-order valence-electron chi connectivity index (χ4n) is 1.52. The van der Waals surface area contributed by atoms with Crippen LogP contribution in [0.1, 0.15) is 0 Å². The summed E-state index contributed by atoms with van der Waals surface area (Å²) in [5.74, 6) is 1.58. The molecule has 1 aromatic heterocycles. The number of methoxy groups -OCH3 is 2. The Hall–Kier alpha value is -1.69. The first-order valence-electron chi connectivity index (χ1n) is 4.79. The zero-order valence-electron chi connectivity index (χ0n) is 9.36. The Morgan fingerprint density at radius 3 is 2.41 bits per heavy atom. The molecule has 2 rings (SSSR count). The van der Waals surface area contributed by atoms with Crippen LogP contribution in [0, 0.1) is 0 Å². The molecule has 0 aliphatic rings. The number of aromatic nitrogens is 1. The molecule has 90 valence electrons. The molecule has 0 aliphatic heterocycles. The highest BCUT2D eigenvalue weighted by atomic mass is 79.9. The number of benzene rings is 1. The molecule has 0 radical (unpaired) electrons. The minimum Gasteiger partial charge on any atom is -0.496 e. The van der Waals surface area contributed by atoms with Gasteiger partial charge in [0.1, 0.15) is 11.5 Å². The Kier molecular flexibility index (Phi) is 3.23. The molecule has 0 amide bonds. The number of ether oxygens (including phenoxy) is 2. The number of nitrogen functional groups attached to an aromatic ring is 1. The molecule has 1 heterocycles. The lowest BCUT2D eigenvalue weighted by Gasteiger charge is -2.11. The number of nitrogens with zero attached hydrogens (tertiary/aromatic N) is 1. The fraction of sp³-hybridized carbons (Fsp3) is 0.182. The van der Waals surface area contributed by atoms with Gasteiger partial charge in [0.05, 0.1) is 30.5 Å². The van der Waals surface area contributed by atoms with Gasteiger partial charge in [0.15, 0.2) is 0 Å². The van der Waals surface area contributed by atoms with Crippen LogP contribution in [0.3, 0.4) is 0 Å². The summed E-state index contributed by atoms with van der Waals surface area (Å²) in [6.45, 7) is 0. The van der Waals surface area contributed by atoms with Crippen molar-refractivity contribution in [1.82, 2.24) is 5.16 Å². The van der Waals surface area contributed by atoms with Crippen LogP contribution in [0.15, 0.2) is 27.3 Å². The first-order chi connectivity index (χ1) is 8.17. The maximum atomic E-state index is 5.69. The molecule has 0 bridgehead atoms. The van der Waals surface area contributed by atoms with Crippen molar-refractivity contribution >= 4 is 21.8 Å². The zero-order chi connectivity index (χ0) is 12.4. The summed E-state index contributed by atoms with van der Waals surface area (Å²) in [6, 6.07) is 3.62. The van der Waals surface area contributed by atoms with Gasteiger partial charge < -0.3 is 19.7 Å². The van der Waals surface area contributed by atoms with E-state index in [0.717, 1.165) is 10.0 Å². The van der Waals surface area contributed by atoms with Crippen LogP contribution in [0.2, 0.25) is 0 Å². The van der Waals surface area contributed by atoms with Crippen molar-refractivity contribution < 1.29 is 14.0 Å². The van der Waals surface area contributed by atoms with Gasteiger partial charge in [-0.3, -0.25) is 0 Å². The SMILES string of the molecule is COc1cc(-c2cnoc2N)c(OC)cc1Br. The monoisotopic (exact) mass is 298 g/mol. The van der Waals surface area contributed by atoms with Crippen molar-refractivity contribution in [2.24, 2.45) is 0 Å². The van der Waals surface area contributed by atoms with E-state index in [4.69, 9.17) is 19.7 Å². The Morgan fingerprint density at radius 2 is 1.88 bits per heavy atom. The van der Waals surface area contributed by atoms with E-state index < -0.39 is 0 Å². The van der Waals surface area contributed by atoms with Crippen LogP contribution >= 0.6 is 15.9 Å². The van der Waals surface area contributed by atoms with Crippen molar-refractivity contribution in [2.45, 2.75) is 0 Å². The van der Waals surface area contributed by atoms with E-state index >= 15 is 0 Å². The van der Waals surface area contributed by atoms with Crippen molar-refractivity contribution in [3.05, 3.63) is 22.8 Å². The third kappa shape index (κ3) is 2.08. The normalized spacial score (nSPS) is 10.3. The molecule has 1 aromatic carbocycles. The maximum absolute atomic E-state index is 5.69. The third-order valence-corrected chi connectivity index (χ3v) is 2.98. The number of hydrogen-bond acceptors (Lipinski definition) is 5. The summed E-state index contributed by atoms with van der Waals surface area (Å²) in [6.07, 6.45) is 1.54. The lowest BCUT2D eigenvalue weighted by atomic mass is 10.1. The molecule has 0 unspecified atom stereocenters. The third-order valence-electron chi connectivity index (χ3n) is 2.36. The summed E-state index contributed by atoms with van der Waals surface area (Å²) in [5, 5.41) is 3.64. The molecule has 0 spiro atoms. The Morgan fingerprint density at radius 1 is 1.18 bits per heavy atom. The van der Waals surface area contributed by atoms with E-state index in [9.17, 15) is 0 Å². The van der Waals surface area contributed by atoms with Gasteiger partial charge >= 0.3 is 0 Å². The Bertz CT molecular complexity index is 540. The van der Waals surface area contributed by atoms with Crippen LogP contribution in [-0.4, -0.2) is 19.4 Å². The second-order valence-corrected chi connectivity index (χ2v) is 4.15. The summed E-state index contributed by atoms with van der Waals surface area (Å²) < 4.78 is 16.2. The lowest BCUT2D eigenvalue weighted by Crippen LogP contribution is -1.93. The minimum atomic E-state index is 0.243. The highest BCUT2D eigenvalue weighted by Crippen LogP contribution is 2.40. The van der Waals surface area contributed by atoms with Crippen molar-refractivity contribution in [3.8, 4) is 22.6 Å². The molecule has 6 heteroatoms. The standard InChI is InChI=1S/C11H11BrN2O3/c1-15-9-4-8(12)10(16-2)3-6(9)7-5-14-17-11(7)13/h3-5H,13H2,1-2H3. The number of halogens is 1. The molecule has 0 aliphatic carbocycles. The fourth-order valence-corrected chi connectivity index (χ4v) is 2.01. The van der Waals surface area contributed by atoms with E-state index in [1.54, 1.807) is 26.5 Å². The van der Waals surface area contributed by atoms with Gasteiger partial charge in [-0.15, -0.1) is 0 Å². The van der Waals surface area contributed by atoms with Gasteiger partial charge in [0, 0.05) is 5.56 Å². The molecule has 2 N–H and O–H groups in total. The first kappa shape index (κ1) is 11.8. The van der Waals surface area contributed by atoms with Crippen LogP contribution in [0.4, 0.5) is 5.88 Å². The van der Waals surface area contributed by atoms with Crippen molar-refractivity contribution in [2.75, 3.05) is 20.0 Å². The average Bonchev–Trinajstić information content (AvgIpc) is 2.75. The molecule has 0 saturated heterocycles. The summed E-state index contributed by atoms with van der Waals surface area (Å²) in [7, 11) is 3.18. The van der Waals surface area contributed by atoms with Gasteiger partial charge in [-0.25, -0.2) is 0 Å². The number of hydrogen-bond donors (Lipinski definition) is 1. The van der Waals surface area contributed by atoms with Crippen LogP contribution in [0.25, 0.3) is 11.1 Å². The predicted octanol–water partition coefficient (Wildman–Crippen LogP) is 2.70. The number of nitrogens with two attached hydrogens (primary N) is 1. The lowest BCUT2D eigenvalue weighted by molar-refractivity contribution is 0.402. The van der Waals surface area contributed by atoms with Crippen LogP contribution in [0.5, 0.6) is 11.5 Å². The molecule has 2 aromatic rings. The van der Waals surface area contributed by atoms with Gasteiger partial charge in [-0.1, -0.05) is 5.16 Å². The minimum absolute atomic E-state index is 0.243. The van der Waals surface area contributed by atoms with E-state index in [2.05, 4.69) is 21.1 Å². The molecule has 0 fully saturated rings. The molecule has 17 heavy (non-hydrogen) atoms. The van der Waals surface area contributed by atoms with Crippen LogP contribution < -0.4 is 15.2 Å². The summed E-state index contributed by atoms with van der Waals surface area (Å²) >= 11 is 3.39. The quantitative estimate of drug-likeness (QED) is 0.943. The molecular formula is C11H11BrN2O3. The highest BCUT2D eigenvalue weighted by molar-refractivity contribution is 9.10. The van der Waals surface area contributed by atoms with E-state index in [0.29, 0.717) is 17.1 Å². The highest BCUT2D eigenvalue weighted by Gasteiger charge is 2.15. The summed E-state index contributed by atoms with van der Waals surface area (Å²) in [5.41, 5.74) is 7.13. The van der Waals surface area contributed by atoms with E-state index in [1.807, 2.05) is 6.07 Å². The smallest absolute Gasteiger partial charge is 0.230 e. The van der Waals surface area contributed by atoms with Gasteiger partial charge in [0.2, 0.25) is 5.88 Å². The van der Waals surface area contributed by atoms with Crippen LogP contribution in [-0.2, 0) is 0 Å². The second-order valence-electron chi connectivity index (χ2n) is 3.29. The Balaban J connectivity index is 2.63. The zero-order valence-corrected chi connectivity index (χ0v) is 10.9. The van der Waals surface area contributed by atoms with Gasteiger partial charge in [0.25, 0.3) is 0 Å². The van der Waals surface area contributed by atoms with Gasteiger partial charge in [-0.2, -0.15) is 0 Å². The molecular weight excluding hydrogens is 288 g/mol. The number of anilines is 1. The average molecular weight is 299 g/mol. The topological polar surface area (TPSA) is 70.5 Å². The predicted molar refractivity (Wildman–Crippen MR) is 67.2 cm³/mol. The maximum Gasteiger partial charge on any atom is 0.230 e. The first-order valence-corrected chi connectivity index (χ1v) is 5.58. The summed E-state index contributed by atoms with van der Waals surface area (Å²) in [4.78, 5) is 0. The van der Waals surface area contributed by atoms with Gasteiger partial charge in [-0.05, 0) is 28.1 Å². The van der Waals surface area contributed by atoms with E-state index in [-0.39, 0.29) is 5.88 Å². The Labute approximate surface area is 107 Å².